The van der Waals surface area contributed by atoms with Crippen LogP contribution in [0, 0.1) is 6.92 Å². The predicted molar refractivity (Wildman–Crippen MR) is 120 cm³/mol. The predicted octanol–water partition coefficient (Wildman–Crippen LogP) is 4.36. The monoisotopic (exact) mass is 417 g/mol. The van der Waals surface area contributed by atoms with Gasteiger partial charge in [0.05, 0.1) is 10.8 Å². The first-order valence-electron chi connectivity index (χ1n) is 10.3. The quantitative estimate of drug-likeness (QED) is 0.462. The summed E-state index contributed by atoms with van der Waals surface area (Å²) in [6.45, 7) is 5.72. The smallest absolute Gasteiger partial charge is 0.235 e. The highest BCUT2D eigenvalue weighted by Gasteiger charge is 2.26. The molecule has 0 unspecified atom stereocenters. The maximum atomic E-state index is 12.8. The van der Waals surface area contributed by atoms with E-state index in [1.165, 1.54) is 17.3 Å². The van der Waals surface area contributed by atoms with Gasteiger partial charge in [-0.15, -0.1) is 10.2 Å². The topological polar surface area (TPSA) is 63.4 Å². The summed E-state index contributed by atoms with van der Waals surface area (Å²) in [6, 6.07) is 16.3. The van der Waals surface area contributed by atoms with Gasteiger partial charge in [0, 0.05) is 24.0 Å². The molecule has 2 aromatic carbocycles. The Morgan fingerprint density at radius 1 is 1.03 bits per heavy atom. The van der Waals surface area contributed by atoms with Crippen molar-refractivity contribution in [2.24, 2.45) is 0 Å². The van der Waals surface area contributed by atoms with Gasteiger partial charge in [0.15, 0.2) is 10.8 Å². The number of nitrogens with zero attached hydrogens (tertiary/aromatic N) is 5. The van der Waals surface area contributed by atoms with Crippen LogP contribution in [0.25, 0.3) is 27.9 Å². The van der Waals surface area contributed by atoms with Crippen molar-refractivity contribution in [1.82, 2.24) is 24.5 Å². The number of aromatic nitrogens is 4. The Hall–Kier alpha value is -2.93. The standard InChI is InChI=1S/C23H23N5OS/c1-15-9-11-17(12-10-15)20-24-19-8-4-3-7-18(19)21-25-26-23(28(20)21)30-16(2)22(29)27-13-5-6-14-27/h3-4,7-12,16H,5-6,13-14H2,1-2H3/t16-/m1/s1. The van der Waals surface area contributed by atoms with Gasteiger partial charge in [0.1, 0.15) is 5.82 Å². The molecule has 30 heavy (non-hydrogen) atoms. The summed E-state index contributed by atoms with van der Waals surface area (Å²) in [4.78, 5) is 19.7. The van der Waals surface area contributed by atoms with E-state index in [0.717, 1.165) is 53.9 Å². The van der Waals surface area contributed by atoms with Gasteiger partial charge in [-0.25, -0.2) is 4.98 Å². The Labute approximate surface area is 179 Å². The highest BCUT2D eigenvalue weighted by molar-refractivity contribution is 8.00. The molecule has 3 heterocycles. The van der Waals surface area contributed by atoms with Crippen molar-refractivity contribution in [2.75, 3.05) is 13.1 Å². The minimum Gasteiger partial charge on any atom is -0.342 e. The van der Waals surface area contributed by atoms with Gasteiger partial charge in [-0.3, -0.25) is 9.20 Å². The third-order valence-corrected chi connectivity index (χ3v) is 6.60. The van der Waals surface area contributed by atoms with E-state index >= 15 is 0 Å². The van der Waals surface area contributed by atoms with Gasteiger partial charge < -0.3 is 4.90 Å². The molecule has 2 aromatic heterocycles. The van der Waals surface area contributed by atoms with Crippen molar-refractivity contribution in [2.45, 2.75) is 37.1 Å². The summed E-state index contributed by atoms with van der Waals surface area (Å²) in [7, 11) is 0. The third-order valence-electron chi connectivity index (χ3n) is 5.57. The number of hydrogen-bond acceptors (Lipinski definition) is 5. The van der Waals surface area contributed by atoms with Crippen molar-refractivity contribution in [3.8, 4) is 11.4 Å². The van der Waals surface area contributed by atoms with E-state index < -0.39 is 0 Å². The van der Waals surface area contributed by atoms with Gasteiger partial charge in [-0.05, 0) is 38.8 Å². The van der Waals surface area contributed by atoms with Crippen LogP contribution < -0.4 is 0 Å². The van der Waals surface area contributed by atoms with Gasteiger partial charge in [0.2, 0.25) is 5.91 Å². The molecule has 6 nitrogen and oxygen atoms in total. The Morgan fingerprint density at radius 3 is 2.53 bits per heavy atom. The summed E-state index contributed by atoms with van der Waals surface area (Å²) in [5.74, 6) is 0.955. The molecule has 152 valence electrons. The molecule has 1 fully saturated rings. The number of para-hydroxylation sites is 1. The van der Waals surface area contributed by atoms with E-state index in [0.29, 0.717) is 5.16 Å². The highest BCUT2D eigenvalue weighted by Crippen LogP contribution is 2.31. The second-order valence-corrected chi connectivity index (χ2v) is 9.06. The van der Waals surface area contributed by atoms with Crippen LogP contribution in [0.5, 0.6) is 0 Å². The zero-order valence-electron chi connectivity index (χ0n) is 17.1. The van der Waals surface area contributed by atoms with E-state index in [4.69, 9.17) is 4.98 Å². The molecular weight excluding hydrogens is 394 g/mol. The molecule has 4 aromatic rings. The summed E-state index contributed by atoms with van der Waals surface area (Å²) in [5.41, 5.74) is 3.83. The first kappa shape index (κ1) is 19.1. The molecule has 0 spiro atoms. The normalized spacial score (nSPS) is 15.2. The Kier molecular flexibility index (Phi) is 4.90. The van der Waals surface area contributed by atoms with Crippen LogP contribution in [0.2, 0.25) is 0 Å². The number of thioether (sulfide) groups is 1. The molecule has 1 saturated heterocycles. The number of amides is 1. The fraction of sp³-hybridized carbons (Fsp3) is 0.304. The lowest BCUT2D eigenvalue weighted by Crippen LogP contribution is -2.34. The molecule has 0 bridgehead atoms. The van der Waals surface area contributed by atoms with Gasteiger partial charge in [-0.2, -0.15) is 0 Å². The Morgan fingerprint density at radius 2 is 1.77 bits per heavy atom. The Balaban J connectivity index is 1.63. The summed E-state index contributed by atoms with van der Waals surface area (Å²) in [5, 5.41) is 10.4. The average molecular weight is 418 g/mol. The lowest BCUT2D eigenvalue weighted by molar-refractivity contribution is -0.129. The number of carbonyl (C=O) groups is 1. The molecule has 1 amide bonds. The zero-order chi connectivity index (χ0) is 20.7. The van der Waals surface area contributed by atoms with Crippen LogP contribution in [0.4, 0.5) is 0 Å². The third kappa shape index (κ3) is 3.33. The van der Waals surface area contributed by atoms with Crippen molar-refractivity contribution >= 4 is 34.2 Å². The molecule has 5 rings (SSSR count). The first-order chi connectivity index (χ1) is 14.6. The molecule has 1 aliphatic rings. The molecule has 1 aliphatic heterocycles. The number of carbonyl (C=O) groups excluding carboxylic acids is 1. The second kappa shape index (κ2) is 7.72. The molecular formula is C23H23N5OS. The van der Waals surface area contributed by atoms with Gasteiger partial charge in [-0.1, -0.05) is 53.7 Å². The largest absolute Gasteiger partial charge is 0.342 e. The van der Waals surface area contributed by atoms with Crippen molar-refractivity contribution in [3.63, 3.8) is 0 Å². The van der Waals surface area contributed by atoms with Crippen LogP contribution >= 0.6 is 11.8 Å². The summed E-state index contributed by atoms with van der Waals surface area (Å²) >= 11 is 1.45. The van der Waals surface area contributed by atoms with E-state index in [1.54, 1.807) is 0 Å². The summed E-state index contributed by atoms with van der Waals surface area (Å²) < 4.78 is 1.99. The van der Waals surface area contributed by atoms with Crippen LogP contribution in [-0.4, -0.2) is 48.7 Å². The summed E-state index contributed by atoms with van der Waals surface area (Å²) in [6.07, 6.45) is 2.18. The van der Waals surface area contributed by atoms with E-state index in [9.17, 15) is 4.79 Å². The SMILES string of the molecule is Cc1ccc(-c2nc3ccccc3c3nnc(S[C@H](C)C(=O)N4CCCC4)n23)cc1. The molecule has 0 N–H and O–H groups in total. The van der Waals surface area contributed by atoms with E-state index in [2.05, 4.69) is 41.4 Å². The van der Waals surface area contributed by atoms with Crippen molar-refractivity contribution in [3.05, 3.63) is 54.1 Å². The van der Waals surface area contributed by atoms with Crippen LogP contribution in [0.15, 0.2) is 53.7 Å². The maximum absolute atomic E-state index is 12.8. The number of likely N-dealkylation sites (tertiary alicyclic amines) is 1. The Bertz CT molecular complexity index is 1230. The van der Waals surface area contributed by atoms with Gasteiger partial charge >= 0.3 is 0 Å². The maximum Gasteiger partial charge on any atom is 0.235 e. The number of hydrogen-bond donors (Lipinski definition) is 0. The van der Waals surface area contributed by atoms with Crippen molar-refractivity contribution in [1.29, 1.82) is 0 Å². The minimum absolute atomic E-state index is 0.167. The van der Waals surface area contributed by atoms with Crippen LogP contribution in [-0.2, 0) is 4.79 Å². The number of aryl methyl sites for hydroxylation is 1. The van der Waals surface area contributed by atoms with Gasteiger partial charge in [0.25, 0.3) is 0 Å². The molecule has 0 saturated carbocycles. The first-order valence-corrected chi connectivity index (χ1v) is 11.2. The molecule has 0 radical (unpaired) electrons. The van der Waals surface area contributed by atoms with E-state index in [1.807, 2.05) is 40.5 Å². The number of fused-ring (bicyclic) bond motifs is 3. The average Bonchev–Trinajstić information content (AvgIpc) is 3.44. The lowest BCUT2D eigenvalue weighted by atomic mass is 10.1. The van der Waals surface area contributed by atoms with Crippen LogP contribution in [0.3, 0.4) is 0 Å². The molecule has 7 heteroatoms. The highest BCUT2D eigenvalue weighted by atomic mass is 32.2. The minimum atomic E-state index is -0.229. The van der Waals surface area contributed by atoms with Crippen LogP contribution in [0.1, 0.15) is 25.3 Å². The lowest BCUT2D eigenvalue weighted by Gasteiger charge is -2.19. The molecule has 1 atom stereocenters. The fourth-order valence-corrected chi connectivity index (χ4v) is 4.87. The van der Waals surface area contributed by atoms with Crippen molar-refractivity contribution < 1.29 is 4.79 Å². The number of benzene rings is 2. The fourth-order valence-electron chi connectivity index (χ4n) is 3.94. The second-order valence-electron chi connectivity index (χ2n) is 7.75. The van der Waals surface area contributed by atoms with E-state index in [-0.39, 0.29) is 11.2 Å². The zero-order valence-corrected chi connectivity index (χ0v) is 17.9. The molecule has 0 aliphatic carbocycles. The number of rotatable bonds is 4.